The van der Waals surface area contributed by atoms with Crippen LogP contribution in [0.1, 0.15) is 32.3 Å². The van der Waals surface area contributed by atoms with Gasteiger partial charge in [0.1, 0.15) is 32.8 Å². The highest BCUT2D eigenvalue weighted by atomic mass is 31.2. The summed E-state index contributed by atoms with van der Waals surface area (Å²) < 4.78 is 78.2. The number of carbonyl (C=O) groups is 1. The lowest BCUT2D eigenvalue weighted by Crippen LogP contribution is -2.50. The van der Waals surface area contributed by atoms with Gasteiger partial charge in [-0.25, -0.2) is 0 Å². The van der Waals surface area contributed by atoms with Crippen LogP contribution in [0.15, 0.2) is 30.3 Å². The quantitative estimate of drug-likeness (QED) is 0.224. The van der Waals surface area contributed by atoms with Crippen LogP contribution in [-0.2, 0) is 39.3 Å². The van der Waals surface area contributed by atoms with Gasteiger partial charge in [0, 0.05) is 19.8 Å². The largest absolute Gasteiger partial charge is 0.458 e. The number of alkyl halides is 2. The fourth-order valence-corrected chi connectivity index (χ4v) is 6.02. The summed E-state index contributed by atoms with van der Waals surface area (Å²) in [6.45, 7) is 6.41. The number of carbonyl (C=O) groups excluding carboxylic acids is 1. The molecule has 2 radical (unpaired) electrons. The van der Waals surface area contributed by atoms with Crippen LogP contribution in [0.3, 0.4) is 0 Å². The van der Waals surface area contributed by atoms with Gasteiger partial charge in [-0.05, 0) is 32.2 Å². The molecule has 1 fully saturated rings. The average Bonchev–Trinajstić information content (AvgIpc) is 2.95. The van der Waals surface area contributed by atoms with Crippen LogP contribution in [0.4, 0.5) is 8.78 Å². The van der Waals surface area contributed by atoms with Gasteiger partial charge in [0.05, 0.1) is 25.6 Å². The molecule has 1 aliphatic heterocycles. The highest BCUT2D eigenvalue weighted by molar-refractivity contribution is 7.63. The molecule has 1 aromatic carbocycles. The van der Waals surface area contributed by atoms with E-state index < -0.39 is 56.4 Å². The van der Waals surface area contributed by atoms with Crippen molar-refractivity contribution in [3.8, 4) is 0 Å². The van der Waals surface area contributed by atoms with Crippen molar-refractivity contribution < 1.29 is 41.4 Å². The molecule has 34 heavy (non-hydrogen) atoms. The molecule has 2 rings (SSSR count). The molecule has 0 aromatic heterocycles. The predicted octanol–water partition coefficient (Wildman–Crippen LogP) is 4.71. The lowest BCUT2D eigenvalue weighted by Gasteiger charge is -2.39. The molecule has 0 spiro atoms. The van der Waals surface area contributed by atoms with E-state index in [4.69, 9.17) is 26.6 Å². The van der Waals surface area contributed by atoms with E-state index in [-0.39, 0.29) is 25.8 Å². The lowest BCUT2D eigenvalue weighted by atomic mass is 9.85. The molecule has 1 aliphatic rings. The Bertz CT molecular complexity index is 927. The van der Waals surface area contributed by atoms with Crippen LogP contribution in [-0.4, -0.2) is 76.1 Å². The number of halogens is 2. The van der Waals surface area contributed by atoms with Crippen molar-refractivity contribution in [2.24, 2.45) is 0 Å². The SMILES string of the molecule is [B][C@@H]1O[C@@](CCP(C)(=O)OCC)(CC(F)(F)P(C)(C)=O)C(OCc2ccccc2)[C@@H]1OC(C)=O. The second-order valence-electron chi connectivity index (χ2n) is 9.04. The van der Waals surface area contributed by atoms with Crippen molar-refractivity contribution in [1.82, 2.24) is 0 Å². The standard InChI is InChI=1S/C22H33BF2O7P2/c1-6-30-34(5,28)13-12-21(15-22(24,25)33(3,4)27)19(18(20(23)32-21)31-16(2)26)29-14-17-10-8-7-9-11-17/h7-11,18-20H,6,12-15H2,1-5H3/t18-,19?,20+,21-,34?/m0/s1. The van der Waals surface area contributed by atoms with Gasteiger partial charge in [-0.3, -0.25) is 9.36 Å². The van der Waals surface area contributed by atoms with Crippen molar-refractivity contribution >= 4 is 28.3 Å². The fourth-order valence-electron chi connectivity index (χ4n) is 3.92. The molecule has 0 N–H and O–H groups in total. The van der Waals surface area contributed by atoms with Crippen molar-refractivity contribution in [2.75, 3.05) is 32.8 Å². The van der Waals surface area contributed by atoms with E-state index in [9.17, 15) is 13.9 Å². The van der Waals surface area contributed by atoms with E-state index in [0.717, 1.165) is 25.8 Å². The van der Waals surface area contributed by atoms with Crippen LogP contribution < -0.4 is 0 Å². The summed E-state index contributed by atoms with van der Waals surface area (Å²) in [5, 5.41) is 0. The molecule has 12 heteroatoms. The molecular formula is C22H33BF2O7P2. The van der Waals surface area contributed by atoms with Crippen LogP contribution in [0, 0.1) is 0 Å². The zero-order valence-electron chi connectivity index (χ0n) is 20.2. The minimum Gasteiger partial charge on any atom is -0.458 e. The number of hydrogen-bond donors (Lipinski definition) is 0. The van der Waals surface area contributed by atoms with Gasteiger partial charge in [0.25, 0.3) is 5.66 Å². The van der Waals surface area contributed by atoms with Gasteiger partial charge in [-0.15, -0.1) is 0 Å². The molecule has 7 nitrogen and oxygen atoms in total. The van der Waals surface area contributed by atoms with Crippen molar-refractivity contribution in [3.63, 3.8) is 0 Å². The molecule has 1 aromatic rings. The normalized spacial score (nSPS) is 27.3. The van der Waals surface area contributed by atoms with E-state index in [2.05, 4.69) is 0 Å². The van der Waals surface area contributed by atoms with Gasteiger partial charge in [-0.2, -0.15) is 8.78 Å². The third kappa shape index (κ3) is 7.48. The summed E-state index contributed by atoms with van der Waals surface area (Å²) in [6, 6.07) is 7.69. The maximum absolute atomic E-state index is 15.2. The number of esters is 1. The van der Waals surface area contributed by atoms with Gasteiger partial charge in [-0.1, -0.05) is 30.3 Å². The Morgan fingerprint density at radius 1 is 1.21 bits per heavy atom. The summed E-state index contributed by atoms with van der Waals surface area (Å²) in [5.41, 5.74) is -4.73. The predicted molar refractivity (Wildman–Crippen MR) is 128 cm³/mol. The van der Waals surface area contributed by atoms with E-state index in [1.165, 1.54) is 6.66 Å². The summed E-state index contributed by atoms with van der Waals surface area (Å²) in [5.74, 6) is -0.688. The Labute approximate surface area is 201 Å². The minimum absolute atomic E-state index is 0.00215. The zero-order valence-corrected chi connectivity index (χ0v) is 22.0. The van der Waals surface area contributed by atoms with E-state index >= 15 is 8.78 Å². The molecule has 0 aliphatic carbocycles. The van der Waals surface area contributed by atoms with Crippen LogP contribution >= 0.6 is 14.5 Å². The van der Waals surface area contributed by atoms with Gasteiger partial charge < -0.3 is 23.3 Å². The van der Waals surface area contributed by atoms with Gasteiger partial charge in [0.2, 0.25) is 0 Å². The average molecular weight is 520 g/mol. The second-order valence-corrected chi connectivity index (χ2v) is 15.1. The number of rotatable bonds is 12. The summed E-state index contributed by atoms with van der Waals surface area (Å²) in [4.78, 5) is 11.8. The maximum atomic E-state index is 15.2. The summed E-state index contributed by atoms with van der Waals surface area (Å²) >= 11 is 0. The molecule has 1 heterocycles. The monoisotopic (exact) mass is 520 g/mol. The topological polar surface area (TPSA) is 88.1 Å². The molecule has 5 atom stereocenters. The van der Waals surface area contributed by atoms with Crippen molar-refractivity contribution in [1.29, 1.82) is 0 Å². The Hall–Kier alpha value is -1.05. The first kappa shape index (κ1) is 29.2. The molecular weight excluding hydrogens is 487 g/mol. The Balaban J connectivity index is 2.50. The van der Waals surface area contributed by atoms with Crippen LogP contribution in [0.25, 0.3) is 0 Å². The first-order chi connectivity index (χ1) is 15.6. The first-order valence-corrected chi connectivity index (χ1v) is 15.9. The minimum atomic E-state index is -3.93. The molecule has 0 amide bonds. The third-order valence-electron chi connectivity index (χ3n) is 5.73. The van der Waals surface area contributed by atoms with E-state index in [1.54, 1.807) is 31.2 Å². The molecule has 190 valence electrons. The smallest absolute Gasteiger partial charge is 0.303 e. The van der Waals surface area contributed by atoms with E-state index in [1.807, 2.05) is 6.07 Å². The maximum Gasteiger partial charge on any atom is 0.303 e. The van der Waals surface area contributed by atoms with Crippen LogP contribution in [0.2, 0.25) is 0 Å². The first-order valence-electron chi connectivity index (χ1n) is 11.0. The van der Waals surface area contributed by atoms with E-state index in [0.29, 0.717) is 0 Å². The Morgan fingerprint density at radius 3 is 2.35 bits per heavy atom. The second kappa shape index (κ2) is 11.3. The highest BCUT2D eigenvalue weighted by Crippen LogP contribution is 2.60. The summed E-state index contributed by atoms with van der Waals surface area (Å²) in [6.07, 6.45) is -3.75. The Kier molecular flexibility index (Phi) is 9.74. The zero-order chi connectivity index (χ0) is 25.8. The van der Waals surface area contributed by atoms with Crippen molar-refractivity contribution in [2.45, 2.75) is 62.8 Å². The summed E-state index contributed by atoms with van der Waals surface area (Å²) in [7, 11) is -0.997. The van der Waals surface area contributed by atoms with Gasteiger partial charge >= 0.3 is 5.97 Å². The molecule has 1 saturated heterocycles. The number of hydrogen-bond acceptors (Lipinski definition) is 7. The number of ether oxygens (including phenoxy) is 3. The third-order valence-corrected chi connectivity index (χ3v) is 9.30. The molecule has 0 bridgehead atoms. The van der Waals surface area contributed by atoms with Gasteiger partial charge in [0.15, 0.2) is 7.37 Å². The molecule has 0 saturated carbocycles. The van der Waals surface area contributed by atoms with Crippen LogP contribution in [0.5, 0.6) is 0 Å². The van der Waals surface area contributed by atoms with Crippen molar-refractivity contribution in [3.05, 3.63) is 35.9 Å². The highest BCUT2D eigenvalue weighted by Gasteiger charge is 2.61. The molecule has 2 unspecified atom stereocenters. The lowest BCUT2D eigenvalue weighted by molar-refractivity contribution is -0.159. The fraction of sp³-hybridized carbons (Fsp3) is 0.682. The Morgan fingerprint density at radius 2 is 1.82 bits per heavy atom. The number of benzene rings is 1.